The topological polar surface area (TPSA) is 105 Å². The molecule has 0 unspecified atom stereocenters. The molecular formula is C12H15N4O2+. The van der Waals surface area contributed by atoms with Gasteiger partial charge in [-0.2, -0.15) is 10.5 Å². The first-order valence-electron chi connectivity index (χ1n) is 5.81. The van der Waals surface area contributed by atoms with Crippen LogP contribution in [-0.2, 0) is 0 Å². The number of dihydropyridines is 1. The molecule has 18 heavy (non-hydrogen) atoms. The Kier molecular flexibility index (Phi) is 2.90. The number of nitrogens with one attached hydrogen (secondary N) is 2. The summed E-state index contributed by atoms with van der Waals surface area (Å²) in [6.07, 6.45) is 1.14. The van der Waals surface area contributed by atoms with Gasteiger partial charge in [-0.1, -0.05) is 0 Å². The second-order valence-electron chi connectivity index (χ2n) is 4.84. The van der Waals surface area contributed by atoms with E-state index in [4.69, 9.17) is 0 Å². The van der Waals surface area contributed by atoms with Gasteiger partial charge < -0.3 is 15.1 Å². The SMILES string of the molecule is C[NH+]1CCC2(CC1)C(C#N)=C(O)NC(O)=C2C#N. The normalized spacial score (nSPS) is 23.5. The van der Waals surface area contributed by atoms with E-state index in [0.29, 0.717) is 12.8 Å². The summed E-state index contributed by atoms with van der Waals surface area (Å²) in [7, 11) is 2.04. The summed E-state index contributed by atoms with van der Waals surface area (Å²) in [5.74, 6) is -0.679. The molecule has 1 fully saturated rings. The van der Waals surface area contributed by atoms with Gasteiger partial charge >= 0.3 is 0 Å². The summed E-state index contributed by atoms with van der Waals surface area (Å²) in [6.45, 7) is 1.58. The minimum absolute atomic E-state index is 0.157. The van der Waals surface area contributed by atoms with Gasteiger partial charge in [-0.15, -0.1) is 0 Å². The van der Waals surface area contributed by atoms with Crippen LogP contribution in [-0.4, -0.2) is 30.4 Å². The molecule has 0 amide bonds. The van der Waals surface area contributed by atoms with Crippen LogP contribution < -0.4 is 10.2 Å². The maximum Gasteiger partial charge on any atom is 0.206 e. The molecule has 0 atom stereocenters. The van der Waals surface area contributed by atoms with Crippen molar-refractivity contribution in [1.29, 1.82) is 10.5 Å². The molecule has 1 saturated heterocycles. The number of hydrogen-bond acceptors (Lipinski definition) is 5. The molecule has 94 valence electrons. The number of hydrogen-bond donors (Lipinski definition) is 4. The summed E-state index contributed by atoms with van der Waals surface area (Å²) in [6, 6.07) is 3.95. The van der Waals surface area contributed by atoms with Gasteiger partial charge in [0.2, 0.25) is 11.8 Å². The maximum atomic E-state index is 9.77. The van der Waals surface area contributed by atoms with Crippen molar-refractivity contribution in [3.8, 4) is 12.1 Å². The predicted octanol–water partition coefficient (Wildman–Crippen LogP) is -0.529. The molecule has 0 radical (unpaired) electrons. The molecule has 0 aromatic rings. The number of likely N-dealkylation sites (tertiary alicyclic amines) is 1. The summed E-state index contributed by atoms with van der Waals surface area (Å²) >= 11 is 0. The van der Waals surface area contributed by atoms with Crippen molar-refractivity contribution >= 4 is 0 Å². The van der Waals surface area contributed by atoms with E-state index < -0.39 is 5.41 Å². The minimum Gasteiger partial charge on any atom is -0.494 e. The van der Waals surface area contributed by atoms with Gasteiger partial charge in [-0.05, 0) is 0 Å². The van der Waals surface area contributed by atoms with Crippen LogP contribution in [0.4, 0.5) is 0 Å². The molecule has 0 aromatic heterocycles. The number of nitrogens with zero attached hydrogens (tertiary/aromatic N) is 2. The first kappa shape index (κ1) is 12.3. The molecule has 0 bridgehead atoms. The number of aliphatic hydroxyl groups excluding tert-OH is 2. The van der Waals surface area contributed by atoms with Gasteiger partial charge in [0.05, 0.1) is 25.6 Å². The molecule has 2 rings (SSSR count). The van der Waals surface area contributed by atoms with E-state index in [1.165, 1.54) is 4.90 Å². The Labute approximate surface area is 105 Å². The van der Waals surface area contributed by atoms with Crippen LogP contribution in [0.25, 0.3) is 0 Å². The van der Waals surface area contributed by atoms with E-state index in [1.54, 1.807) is 0 Å². The van der Waals surface area contributed by atoms with Crippen molar-refractivity contribution in [3.05, 3.63) is 22.9 Å². The first-order valence-corrected chi connectivity index (χ1v) is 5.81. The molecule has 2 aliphatic heterocycles. The number of quaternary nitrogens is 1. The molecule has 4 N–H and O–H groups in total. The number of piperidine rings is 1. The molecule has 0 aromatic carbocycles. The Morgan fingerprint density at radius 2 is 1.56 bits per heavy atom. The number of rotatable bonds is 0. The van der Waals surface area contributed by atoms with E-state index in [9.17, 15) is 20.7 Å². The highest BCUT2D eigenvalue weighted by molar-refractivity contribution is 5.50. The van der Waals surface area contributed by atoms with E-state index in [1.807, 2.05) is 19.2 Å². The van der Waals surface area contributed by atoms with E-state index in [-0.39, 0.29) is 22.9 Å². The number of allylic oxidation sites excluding steroid dienone is 2. The third kappa shape index (κ3) is 1.59. The summed E-state index contributed by atoms with van der Waals surface area (Å²) in [5.41, 5.74) is -0.517. The van der Waals surface area contributed by atoms with E-state index in [0.717, 1.165) is 13.1 Å². The van der Waals surface area contributed by atoms with Crippen molar-refractivity contribution in [2.45, 2.75) is 12.8 Å². The molecule has 0 aliphatic carbocycles. The van der Waals surface area contributed by atoms with Crippen LogP contribution in [0.3, 0.4) is 0 Å². The van der Waals surface area contributed by atoms with E-state index in [2.05, 4.69) is 5.32 Å². The van der Waals surface area contributed by atoms with Crippen LogP contribution >= 0.6 is 0 Å². The lowest BCUT2D eigenvalue weighted by Crippen LogP contribution is -3.10. The summed E-state index contributed by atoms with van der Waals surface area (Å²) in [4.78, 5) is 1.31. The maximum absolute atomic E-state index is 9.77. The number of aliphatic hydroxyl groups is 2. The predicted molar refractivity (Wildman–Crippen MR) is 62.0 cm³/mol. The molecule has 0 saturated carbocycles. The summed E-state index contributed by atoms with van der Waals surface area (Å²) < 4.78 is 0. The molecule has 6 heteroatoms. The van der Waals surface area contributed by atoms with Crippen LogP contribution in [0.1, 0.15) is 12.8 Å². The van der Waals surface area contributed by atoms with Gasteiger partial charge in [0, 0.05) is 12.8 Å². The van der Waals surface area contributed by atoms with Gasteiger partial charge in [-0.25, -0.2) is 0 Å². The van der Waals surface area contributed by atoms with Gasteiger partial charge in [0.1, 0.15) is 23.3 Å². The lowest BCUT2D eigenvalue weighted by molar-refractivity contribution is -0.886. The molecule has 2 aliphatic rings. The zero-order valence-corrected chi connectivity index (χ0v) is 10.1. The van der Waals surface area contributed by atoms with Crippen molar-refractivity contribution in [3.63, 3.8) is 0 Å². The van der Waals surface area contributed by atoms with Crippen molar-refractivity contribution in [1.82, 2.24) is 5.32 Å². The van der Waals surface area contributed by atoms with E-state index >= 15 is 0 Å². The Hall–Kier alpha value is -2.18. The Balaban J connectivity index is 2.54. The largest absolute Gasteiger partial charge is 0.494 e. The van der Waals surface area contributed by atoms with Crippen molar-refractivity contribution in [2.24, 2.45) is 5.41 Å². The van der Waals surface area contributed by atoms with Gasteiger partial charge in [-0.3, -0.25) is 5.32 Å². The fourth-order valence-electron chi connectivity index (χ4n) is 2.74. The molecular weight excluding hydrogens is 232 g/mol. The number of nitriles is 2. The third-order valence-corrected chi connectivity index (χ3v) is 3.85. The van der Waals surface area contributed by atoms with Crippen LogP contribution in [0.2, 0.25) is 0 Å². The zero-order valence-electron chi connectivity index (χ0n) is 10.1. The lowest BCUT2D eigenvalue weighted by atomic mass is 9.67. The van der Waals surface area contributed by atoms with Gasteiger partial charge in [0.15, 0.2) is 0 Å². The highest BCUT2D eigenvalue weighted by Gasteiger charge is 2.49. The quantitative estimate of drug-likeness (QED) is 0.460. The van der Waals surface area contributed by atoms with Crippen LogP contribution in [0.5, 0.6) is 0 Å². The monoisotopic (exact) mass is 247 g/mol. The Bertz CT molecular complexity index is 475. The average molecular weight is 247 g/mol. The van der Waals surface area contributed by atoms with Gasteiger partial charge in [0.25, 0.3) is 0 Å². The average Bonchev–Trinajstić information content (AvgIpc) is 2.33. The Morgan fingerprint density at radius 3 is 1.94 bits per heavy atom. The molecule has 6 nitrogen and oxygen atoms in total. The fourth-order valence-corrected chi connectivity index (χ4v) is 2.74. The van der Waals surface area contributed by atoms with Crippen LogP contribution in [0.15, 0.2) is 22.9 Å². The highest BCUT2D eigenvalue weighted by Crippen LogP contribution is 2.46. The fraction of sp³-hybridized carbons (Fsp3) is 0.500. The smallest absolute Gasteiger partial charge is 0.206 e. The minimum atomic E-state index is -0.831. The Morgan fingerprint density at radius 1 is 1.11 bits per heavy atom. The van der Waals surface area contributed by atoms with Crippen molar-refractivity contribution < 1.29 is 15.1 Å². The highest BCUT2D eigenvalue weighted by atomic mass is 16.3. The lowest BCUT2D eigenvalue weighted by Gasteiger charge is -2.40. The molecule has 2 heterocycles. The van der Waals surface area contributed by atoms with Crippen molar-refractivity contribution in [2.75, 3.05) is 20.1 Å². The molecule has 1 spiro atoms. The first-order chi connectivity index (χ1) is 8.55. The third-order valence-electron chi connectivity index (χ3n) is 3.85. The second-order valence-corrected chi connectivity index (χ2v) is 4.84. The summed E-state index contributed by atoms with van der Waals surface area (Å²) in [5, 5.41) is 40.3. The van der Waals surface area contributed by atoms with Crippen LogP contribution in [0, 0.1) is 28.1 Å². The zero-order chi connectivity index (χ0) is 13.3. The second kappa shape index (κ2) is 4.25. The standard InChI is InChI=1S/C12H14N4O2/c1-16-4-2-12(3-5-16)8(6-13)10(17)15-11(18)9(12)7-14/h15,17-18H,2-5H2,1H3/p+1.